The summed E-state index contributed by atoms with van der Waals surface area (Å²) in [5.41, 5.74) is 1.24. The molecule has 96 valence electrons. The SMILES string of the molecule is CNCc1nc(CN2CCC(C)CC2C)cs1. The van der Waals surface area contributed by atoms with Gasteiger partial charge in [-0.2, -0.15) is 0 Å². The number of thiazole rings is 1. The van der Waals surface area contributed by atoms with Crippen LogP contribution in [0.15, 0.2) is 5.38 Å². The van der Waals surface area contributed by atoms with E-state index in [0.717, 1.165) is 19.0 Å². The Kier molecular flexibility index (Phi) is 4.54. The molecule has 2 atom stereocenters. The second-order valence-electron chi connectivity index (χ2n) is 5.21. The molecule has 0 bridgehead atoms. The zero-order valence-corrected chi connectivity index (χ0v) is 11.9. The highest BCUT2D eigenvalue weighted by Crippen LogP contribution is 2.24. The van der Waals surface area contributed by atoms with Crippen LogP contribution in [-0.2, 0) is 13.1 Å². The third-order valence-corrected chi connectivity index (χ3v) is 4.47. The van der Waals surface area contributed by atoms with E-state index in [2.05, 4.69) is 34.4 Å². The van der Waals surface area contributed by atoms with Crippen molar-refractivity contribution >= 4 is 11.3 Å². The van der Waals surface area contributed by atoms with Gasteiger partial charge in [-0.3, -0.25) is 4.90 Å². The summed E-state index contributed by atoms with van der Waals surface area (Å²) in [6.07, 6.45) is 2.66. The molecule has 0 radical (unpaired) electrons. The lowest BCUT2D eigenvalue weighted by Gasteiger charge is -2.36. The Morgan fingerprint density at radius 3 is 3.06 bits per heavy atom. The molecule has 0 spiro atoms. The summed E-state index contributed by atoms with van der Waals surface area (Å²) in [5.74, 6) is 0.886. The smallest absolute Gasteiger partial charge is 0.107 e. The van der Waals surface area contributed by atoms with Crippen molar-refractivity contribution in [1.82, 2.24) is 15.2 Å². The van der Waals surface area contributed by atoms with Crippen molar-refractivity contribution in [1.29, 1.82) is 0 Å². The summed E-state index contributed by atoms with van der Waals surface area (Å²) < 4.78 is 0. The monoisotopic (exact) mass is 253 g/mol. The van der Waals surface area contributed by atoms with Crippen molar-refractivity contribution in [2.75, 3.05) is 13.6 Å². The molecule has 1 fully saturated rings. The second kappa shape index (κ2) is 5.94. The largest absolute Gasteiger partial charge is 0.314 e. The lowest BCUT2D eigenvalue weighted by molar-refractivity contribution is 0.121. The normalized spacial score (nSPS) is 26.3. The summed E-state index contributed by atoms with van der Waals surface area (Å²) in [7, 11) is 1.97. The lowest BCUT2D eigenvalue weighted by atomic mass is 9.93. The Labute approximate surface area is 108 Å². The van der Waals surface area contributed by atoms with Crippen LogP contribution in [0, 0.1) is 5.92 Å². The molecule has 2 rings (SSSR count). The lowest BCUT2D eigenvalue weighted by Crippen LogP contribution is -2.39. The van der Waals surface area contributed by atoms with Crippen LogP contribution in [0.25, 0.3) is 0 Å². The highest BCUT2D eigenvalue weighted by atomic mass is 32.1. The van der Waals surface area contributed by atoms with E-state index >= 15 is 0 Å². The fourth-order valence-corrected chi connectivity index (χ4v) is 3.35. The van der Waals surface area contributed by atoms with E-state index in [1.165, 1.54) is 30.1 Å². The Hall–Kier alpha value is -0.450. The quantitative estimate of drug-likeness (QED) is 0.893. The Morgan fingerprint density at radius 1 is 1.53 bits per heavy atom. The first-order valence-electron chi connectivity index (χ1n) is 6.51. The first kappa shape index (κ1) is 13.0. The summed E-state index contributed by atoms with van der Waals surface area (Å²) in [5, 5.41) is 6.55. The van der Waals surface area contributed by atoms with Gasteiger partial charge in [0, 0.05) is 24.5 Å². The maximum absolute atomic E-state index is 4.66. The van der Waals surface area contributed by atoms with E-state index in [9.17, 15) is 0 Å². The van der Waals surface area contributed by atoms with Crippen LogP contribution in [0.3, 0.4) is 0 Å². The van der Waals surface area contributed by atoms with E-state index in [1.54, 1.807) is 11.3 Å². The van der Waals surface area contributed by atoms with E-state index in [4.69, 9.17) is 0 Å². The number of nitrogens with one attached hydrogen (secondary N) is 1. The first-order chi connectivity index (χ1) is 8.19. The summed E-state index contributed by atoms with van der Waals surface area (Å²) >= 11 is 1.76. The predicted molar refractivity (Wildman–Crippen MR) is 73.1 cm³/mol. The molecule has 1 saturated heterocycles. The summed E-state index contributed by atoms with van der Waals surface area (Å²) in [6.45, 7) is 7.84. The predicted octanol–water partition coefficient (Wildman–Crippen LogP) is 2.48. The number of hydrogen-bond acceptors (Lipinski definition) is 4. The van der Waals surface area contributed by atoms with Gasteiger partial charge in [0.25, 0.3) is 0 Å². The van der Waals surface area contributed by atoms with Crippen molar-refractivity contribution in [2.45, 2.75) is 45.8 Å². The molecule has 1 aromatic heterocycles. The van der Waals surface area contributed by atoms with Gasteiger partial charge in [0.2, 0.25) is 0 Å². The van der Waals surface area contributed by atoms with Crippen molar-refractivity contribution in [3.05, 3.63) is 16.1 Å². The fourth-order valence-electron chi connectivity index (χ4n) is 2.55. The molecule has 2 unspecified atom stereocenters. The van der Waals surface area contributed by atoms with Crippen molar-refractivity contribution in [2.24, 2.45) is 5.92 Å². The molecule has 1 aromatic rings. The Morgan fingerprint density at radius 2 is 2.35 bits per heavy atom. The standard InChI is InChI=1S/C13H23N3S/c1-10-4-5-16(11(2)6-10)8-12-9-17-13(15-12)7-14-3/h9-11,14H,4-8H2,1-3H3. The zero-order chi connectivity index (χ0) is 12.3. The number of piperidine rings is 1. The molecule has 0 saturated carbocycles. The van der Waals surface area contributed by atoms with Crippen LogP contribution in [-0.4, -0.2) is 29.5 Å². The first-order valence-corrected chi connectivity index (χ1v) is 7.39. The second-order valence-corrected chi connectivity index (χ2v) is 6.15. The van der Waals surface area contributed by atoms with Crippen molar-refractivity contribution < 1.29 is 0 Å². The molecule has 3 nitrogen and oxygen atoms in total. The maximum Gasteiger partial charge on any atom is 0.107 e. The van der Waals surface area contributed by atoms with Gasteiger partial charge in [-0.1, -0.05) is 6.92 Å². The molecule has 1 N–H and O–H groups in total. The third-order valence-electron chi connectivity index (χ3n) is 3.57. The molecule has 0 aliphatic carbocycles. The highest BCUT2D eigenvalue weighted by Gasteiger charge is 2.23. The number of hydrogen-bond donors (Lipinski definition) is 1. The van der Waals surface area contributed by atoms with Gasteiger partial charge >= 0.3 is 0 Å². The molecule has 4 heteroatoms. The summed E-state index contributed by atoms with van der Waals surface area (Å²) in [4.78, 5) is 7.23. The maximum atomic E-state index is 4.66. The van der Waals surface area contributed by atoms with Crippen molar-refractivity contribution in [3.63, 3.8) is 0 Å². The zero-order valence-electron chi connectivity index (χ0n) is 11.1. The van der Waals surface area contributed by atoms with Crippen LogP contribution >= 0.6 is 11.3 Å². The van der Waals surface area contributed by atoms with Crippen LogP contribution in [0.5, 0.6) is 0 Å². The van der Waals surface area contributed by atoms with Gasteiger partial charge in [0.15, 0.2) is 0 Å². The van der Waals surface area contributed by atoms with Crippen LogP contribution in [0.1, 0.15) is 37.4 Å². The summed E-state index contributed by atoms with van der Waals surface area (Å²) in [6, 6.07) is 0.702. The van der Waals surface area contributed by atoms with E-state index in [0.29, 0.717) is 6.04 Å². The van der Waals surface area contributed by atoms with E-state index in [1.807, 2.05) is 7.05 Å². The van der Waals surface area contributed by atoms with E-state index in [-0.39, 0.29) is 0 Å². The minimum Gasteiger partial charge on any atom is -0.314 e. The third kappa shape index (κ3) is 3.50. The average molecular weight is 253 g/mol. The minimum absolute atomic E-state index is 0.702. The molecule has 1 aliphatic rings. The molecule has 2 heterocycles. The molecule has 0 aromatic carbocycles. The molecule has 0 amide bonds. The van der Waals surface area contributed by atoms with Gasteiger partial charge in [-0.05, 0) is 39.3 Å². The van der Waals surface area contributed by atoms with Crippen LogP contribution < -0.4 is 5.32 Å². The van der Waals surface area contributed by atoms with Crippen molar-refractivity contribution in [3.8, 4) is 0 Å². The van der Waals surface area contributed by atoms with Gasteiger partial charge in [-0.25, -0.2) is 4.98 Å². The minimum atomic E-state index is 0.702. The topological polar surface area (TPSA) is 28.2 Å². The average Bonchev–Trinajstić information content (AvgIpc) is 2.71. The molecular weight excluding hydrogens is 230 g/mol. The van der Waals surface area contributed by atoms with Gasteiger partial charge in [-0.15, -0.1) is 11.3 Å². The van der Waals surface area contributed by atoms with Gasteiger partial charge < -0.3 is 5.32 Å². The Bertz CT molecular complexity index is 350. The molecular formula is C13H23N3S. The van der Waals surface area contributed by atoms with E-state index < -0.39 is 0 Å². The van der Waals surface area contributed by atoms with Crippen LogP contribution in [0.4, 0.5) is 0 Å². The number of rotatable bonds is 4. The number of nitrogens with zero attached hydrogens (tertiary/aromatic N) is 2. The fraction of sp³-hybridized carbons (Fsp3) is 0.769. The van der Waals surface area contributed by atoms with Crippen LogP contribution in [0.2, 0.25) is 0 Å². The van der Waals surface area contributed by atoms with Gasteiger partial charge in [0.05, 0.1) is 5.69 Å². The highest BCUT2D eigenvalue weighted by molar-refractivity contribution is 7.09. The molecule has 1 aliphatic heterocycles. The number of likely N-dealkylation sites (tertiary alicyclic amines) is 1. The Balaban J connectivity index is 1.91. The van der Waals surface area contributed by atoms with Gasteiger partial charge in [0.1, 0.15) is 5.01 Å². The number of aromatic nitrogens is 1. The molecule has 17 heavy (non-hydrogen) atoms.